The third kappa shape index (κ3) is 6.29. The van der Waals surface area contributed by atoms with Crippen molar-refractivity contribution in [3.63, 3.8) is 0 Å². The van der Waals surface area contributed by atoms with Crippen molar-refractivity contribution >= 4 is 66.2 Å². The largest absolute Gasteiger partial charge is 0.421 e. The molecule has 0 saturated heterocycles. The zero-order valence-corrected chi connectivity index (χ0v) is 21.0. The van der Waals surface area contributed by atoms with Gasteiger partial charge in [0.05, 0.1) is 4.47 Å². The summed E-state index contributed by atoms with van der Waals surface area (Å²) in [6, 6.07) is 11.4. The van der Waals surface area contributed by atoms with Gasteiger partial charge in [0.15, 0.2) is 5.58 Å². The first kappa shape index (κ1) is 24.7. The fraction of sp³-hybridized carbons (Fsp3) is 0.217. The first-order valence-corrected chi connectivity index (χ1v) is 11.6. The van der Waals surface area contributed by atoms with Crippen LogP contribution in [0.2, 0.25) is 0 Å². The average molecular weight is 579 g/mol. The molecular weight excluding hydrogens is 558 g/mol. The summed E-state index contributed by atoms with van der Waals surface area (Å²) >= 11 is 6.68. The molecule has 0 aliphatic rings. The molecule has 0 spiro atoms. The highest BCUT2D eigenvalue weighted by molar-refractivity contribution is 9.11. The summed E-state index contributed by atoms with van der Waals surface area (Å²) in [7, 11) is 0. The van der Waals surface area contributed by atoms with E-state index in [4.69, 9.17) is 4.42 Å². The van der Waals surface area contributed by atoms with E-state index in [2.05, 4.69) is 47.8 Å². The normalized spacial score (nSPS) is 10.8. The lowest BCUT2D eigenvalue weighted by Crippen LogP contribution is -2.36. The number of carbonyl (C=O) groups is 3. The maximum Gasteiger partial charge on any atom is 0.349 e. The van der Waals surface area contributed by atoms with E-state index in [-0.39, 0.29) is 36.4 Å². The van der Waals surface area contributed by atoms with Crippen LogP contribution in [0.5, 0.6) is 0 Å². The Labute approximate surface area is 206 Å². The Bertz CT molecular complexity index is 1270. The Kier molecular flexibility index (Phi) is 8.04. The molecule has 0 aliphatic carbocycles. The maximum atomic E-state index is 12.4. The van der Waals surface area contributed by atoms with Crippen LogP contribution in [0.15, 0.2) is 60.6 Å². The Morgan fingerprint density at radius 3 is 2.21 bits per heavy atom. The second-order valence-electron chi connectivity index (χ2n) is 7.49. The number of rotatable bonds is 7. The summed E-state index contributed by atoms with van der Waals surface area (Å²) in [5.41, 5.74) is 0.484. The highest BCUT2D eigenvalue weighted by Gasteiger charge is 2.15. The molecule has 0 fully saturated rings. The first-order valence-electron chi connectivity index (χ1n) is 10.1. The van der Waals surface area contributed by atoms with Gasteiger partial charge in [0.25, 0.3) is 11.8 Å². The molecule has 2 aromatic carbocycles. The van der Waals surface area contributed by atoms with Gasteiger partial charge in [-0.25, -0.2) is 4.79 Å². The minimum Gasteiger partial charge on any atom is -0.421 e. The SMILES string of the molecule is CC(C)C(=O)Nc1ccc(C(=O)NCCNC(=O)c2cc3cc(Br)cc(Br)c3oc2=O)cc1. The summed E-state index contributed by atoms with van der Waals surface area (Å²) in [5, 5.41) is 8.62. The summed E-state index contributed by atoms with van der Waals surface area (Å²) in [6.45, 7) is 3.86. The monoisotopic (exact) mass is 577 g/mol. The molecule has 1 aromatic heterocycles. The van der Waals surface area contributed by atoms with Crippen molar-refractivity contribution in [3.05, 3.63) is 73.0 Å². The van der Waals surface area contributed by atoms with Gasteiger partial charge in [0.2, 0.25) is 5.91 Å². The molecule has 0 aliphatic heterocycles. The molecule has 172 valence electrons. The van der Waals surface area contributed by atoms with E-state index >= 15 is 0 Å². The van der Waals surface area contributed by atoms with Gasteiger partial charge in [-0.05, 0) is 58.4 Å². The molecule has 3 rings (SSSR count). The van der Waals surface area contributed by atoms with E-state index in [1.807, 2.05) is 0 Å². The van der Waals surface area contributed by atoms with Crippen LogP contribution in [0.25, 0.3) is 11.0 Å². The lowest BCUT2D eigenvalue weighted by molar-refractivity contribution is -0.118. The molecule has 0 saturated carbocycles. The summed E-state index contributed by atoms with van der Waals surface area (Å²) in [5.74, 6) is -1.18. The summed E-state index contributed by atoms with van der Waals surface area (Å²) < 4.78 is 6.62. The van der Waals surface area contributed by atoms with E-state index in [0.29, 0.717) is 26.7 Å². The van der Waals surface area contributed by atoms with Crippen molar-refractivity contribution in [2.24, 2.45) is 5.92 Å². The number of halogens is 2. The van der Waals surface area contributed by atoms with Crippen molar-refractivity contribution in [1.82, 2.24) is 10.6 Å². The number of hydrogen-bond donors (Lipinski definition) is 3. The predicted octanol–water partition coefficient (Wildman–Crippen LogP) is 4.07. The number of hydrogen-bond acceptors (Lipinski definition) is 5. The lowest BCUT2D eigenvalue weighted by Gasteiger charge is -2.09. The van der Waals surface area contributed by atoms with Gasteiger partial charge in [-0.3, -0.25) is 14.4 Å². The number of anilines is 1. The lowest BCUT2D eigenvalue weighted by atomic mass is 10.1. The van der Waals surface area contributed by atoms with Gasteiger partial charge >= 0.3 is 5.63 Å². The van der Waals surface area contributed by atoms with Gasteiger partial charge in [0.1, 0.15) is 5.56 Å². The molecule has 0 atom stereocenters. The Hall–Kier alpha value is -2.98. The van der Waals surface area contributed by atoms with Gasteiger partial charge in [-0.15, -0.1) is 0 Å². The molecule has 3 N–H and O–H groups in total. The van der Waals surface area contributed by atoms with Gasteiger partial charge in [0, 0.05) is 40.1 Å². The fourth-order valence-corrected chi connectivity index (χ4v) is 4.20. The van der Waals surface area contributed by atoms with Crippen LogP contribution >= 0.6 is 31.9 Å². The minimum atomic E-state index is -0.753. The fourth-order valence-electron chi connectivity index (χ4n) is 2.86. The molecule has 3 amide bonds. The quantitative estimate of drug-likeness (QED) is 0.288. The number of fused-ring (bicyclic) bond motifs is 1. The Morgan fingerprint density at radius 2 is 1.58 bits per heavy atom. The van der Waals surface area contributed by atoms with E-state index in [9.17, 15) is 19.2 Å². The van der Waals surface area contributed by atoms with Crippen LogP contribution in [-0.2, 0) is 4.79 Å². The minimum absolute atomic E-state index is 0.108. The molecular formula is C23H21Br2N3O5. The second kappa shape index (κ2) is 10.8. The predicted molar refractivity (Wildman–Crippen MR) is 132 cm³/mol. The smallest absolute Gasteiger partial charge is 0.349 e. The van der Waals surface area contributed by atoms with Crippen molar-refractivity contribution in [2.45, 2.75) is 13.8 Å². The topological polar surface area (TPSA) is 118 Å². The van der Waals surface area contributed by atoms with E-state index in [0.717, 1.165) is 4.47 Å². The summed E-state index contributed by atoms with van der Waals surface area (Å²) in [4.78, 5) is 48.6. The number of nitrogens with one attached hydrogen (secondary N) is 3. The van der Waals surface area contributed by atoms with Gasteiger partial charge < -0.3 is 20.4 Å². The third-order valence-corrected chi connectivity index (χ3v) is 5.68. The van der Waals surface area contributed by atoms with Crippen LogP contribution in [0.3, 0.4) is 0 Å². The van der Waals surface area contributed by atoms with Gasteiger partial charge in [-0.1, -0.05) is 29.8 Å². The van der Waals surface area contributed by atoms with Crippen LogP contribution < -0.4 is 21.6 Å². The zero-order valence-electron chi connectivity index (χ0n) is 17.8. The standard InChI is InChI=1S/C23H21Br2N3O5/c1-12(2)20(29)28-16-5-3-13(4-6-16)21(30)26-7-8-27-22(31)17-10-14-9-15(24)11-18(25)19(14)33-23(17)32/h3-6,9-12H,7-8H2,1-2H3,(H,26,30)(H,27,31)(H,28,29). The van der Waals surface area contributed by atoms with Crippen LogP contribution in [0.4, 0.5) is 5.69 Å². The van der Waals surface area contributed by atoms with Crippen LogP contribution in [0.1, 0.15) is 34.6 Å². The Morgan fingerprint density at radius 1 is 0.939 bits per heavy atom. The molecule has 1 heterocycles. The summed E-state index contributed by atoms with van der Waals surface area (Å²) in [6.07, 6.45) is 0. The second-order valence-corrected chi connectivity index (χ2v) is 9.26. The molecule has 8 nitrogen and oxygen atoms in total. The van der Waals surface area contributed by atoms with Crippen molar-refractivity contribution in [2.75, 3.05) is 18.4 Å². The first-order chi connectivity index (χ1) is 15.7. The van der Waals surface area contributed by atoms with Crippen LogP contribution in [0, 0.1) is 5.92 Å². The van der Waals surface area contributed by atoms with Crippen molar-refractivity contribution in [1.29, 1.82) is 0 Å². The van der Waals surface area contributed by atoms with Crippen molar-refractivity contribution in [3.8, 4) is 0 Å². The van der Waals surface area contributed by atoms with Crippen LogP contribution in [-0.4, -0.2) is 30.8 Å². The number of amides is 3. The molecule has 0 unspecified atom stereocenters. The van der Waals surface area contributed by atoms with Crippen molar-refractivity contribution < 1.29 is 18.8 Å². The molecule has 3 aromatic rings. The number of benzene rings is 2. The zero-order chi connectivity index (χ0) is 24.1. The van der Waals surface area contributed by atoms with E-state index in [1.54, 1.807) is 50.2 Å². The highest BCUT2D eigenvalue weighted by Crippen LogP contribution is 2.28. The van der Waals surface area contributed by atoms with E-state index < -0.39 is 11.5 Å². The van der Waals surface area contributed by atoms with E-state index in [1.165, 1.54) is 6.07 Å². The third-order valence-electron chi connectivity index (χ3n) is 4.63. The highest BCUT2D eigenvalue weighted by atomic mass is 79.9. The molecule has 0 radical (unpaired) electrons. The average Bonchev–Trinajstić information content (AvgIpc) is 2.77. The van der Waals surface area contributed by atoms with Gasteiger partial charge in [-0.2, -0.15) is 0 Å². The molecule has 33 heavy (non-hydrogen) atoms. The maximum absolute atomic E-state index is 12.4. The molecule has 10 heteroatoms. The Balaban J connectivity index is 1.54. The number of carbonyl (C=O) groups excluding carboxylic acids is 3. The molecule has 0 bridgehead atoms.